The molecule has 1 aromatic carbocycles. The van der Waals surface area contributed by atoms with Crippen molar-refractivity contribution in [2.75, 3.05) is 13.2 Å². The van der Waals surface area contributed by atoms with Crippen LogP contribution in [0.2, 0.25) is 0 Å². The van der Waals surface area contributed by atoms with Crippen LogP contribution in [0.25, 0.3) is 0 Å². The lowest BCUT2D eigenvalue weighted by atomic mass is 9.83. The Balaban J connectivity index is 1.86. The Morgan fingerprint density at radius 3 is 2.63 bits per heavy atom. The second-order valence-electron chi connectivity index (χ2n) is 7.91. The minimum absolute atomic E-state index is 0.0222. The standard InChI is InChI=1S/C23H29FN2O4/c1-3-30-23(29)22-15(2)26(14-20(27)25-18-10-5-4-6-11-18)21(28)13-19(22)16-8-7-9-17(24)12-16/h7-9,12,18-19H,3-6,10-11,13-14H2,1-2H3,(H,25,27). The number of amides is 2. The zero-order chi connectivity index (χ0) is 21.7. The number of hydrogen-bond acceptors (Lipinski definition) is 4. The molecule has 7 heteroatoms. The predicted octanol–water partition coefficient (Wildman–Crippen LogP) is 3.43. The first-order valence-electron chi connectivity index (χ1n) is 10.6. The number of halogens is 1. The molecule has 1 N–H and O–H groups in total. The fourth-order valence-corrected chi connectivity index (χ4v) is 4.35. The van der Waals surface area contributed by atoms with Crippen LogP contribution in [-0.2, 0) is 19.1 Å². The molecular formula is C23H29FN2O4. The molecule has 1 fully saturated rings. The van der Waals surface area contributed by atoms with Gasteiger partial charge < -0.3 is 15.0 Å². The Kier molecular flexibility index (Phi) is 7.24. The summed E-state index contributed by atoms with van der Waals surface area (Å²) in [6, 6.07) is 6.03. The van der Waals surface area contributed by atoms with Gasteiger partial charge in [0.05, 0.1) is 12.2 Å². The van der Waals surface area contributed by atoms with Crippen LogP contribution in [0, 0.1) is 5.82 Å². The van der Waals surface area contributed by atoms with Crippen molar-refractivity contribution in [1.82, 2.24) is 10.2 Å². The van der Waals surface area contributed by atoms with Gasteiger partial charge in [0, 0.05) is 24.1 Å². The lowest BCUT2D eigenvalue weighted by molar-refractivity contribution is -0.141. The minimum Gasteiger partial charge on any atom is -0.463 e. The van der Waals surface area contributed by atoms with Crippen LogP contribution in [0.4, 0.5) is 4.39 Å². The van der Waals surface area contributed by atoms with Crippen LogP contribution in [0.15, 0.2) is 35.5 Å². The molecule has 1 aliphatic carbocycles. The highest BCUT2D eigenvalue weighted by molar-refractivity contribution is 5.97. The summed E-state index contributed by atoms with van der Waals surface area (Å²) >= 11 is 0. The average molecular weight is 416 g/mol. The summed E-state index contributed by atoms with van der Waals surface area (Å²) in [7, 11) is 0. The van der Waals surface area contributed by atoms with E-state index in [1.807, 2.05) is 0 Å². The molecule has 1 aromatic rings. The van der Waals surface area contributed by atoms with E-state index in [2.05, 4.69) is 5.32 Å². The van der Waals surface area contributed by atoms with Gasteiger partial charge >= 0.3 is 5.97 Å². The number of esters is 1. The van der Waals surface area contributed by atoms with Crippen LogP contribution < -0.4 is 5.32 Å². The number of nitrogens with one attached hydrogen (secondary N) is 1. The van der Waals surface area contributed by atoms with E-state index in [0.29, 0.717) is 16.8 Å². The van der Waals surface area contributed by atoms with Crippen molar-refractivity contribution in [2.45, 2.75) is 64.3 Å². The summed E-state index contributed by atoms with van der Waals surface area (Å²) in [5.74, 6) is -2.09. The molecule has 6 nitrogen and oxygen atoms in total. The molecule has 1 atom stereocenters. The number of hydrogen-bond donors (Lipinski definition) is 1. The van der Waals surface area contributed by atoms with Crippen LogP contribution in [-0.4, -0.2) is 41.9 Å². The first kappa shape index (κ1) is 22.0. The third-order valence-electron chi connectivity index (χ3n) is 5.84. The molecule has 2 aliphatic rings. The minimum atomic E-state index is -0.607. The van der Waals surface area contributed by atoms with E-state index in [9.17, 15) is 18.8 Å². The molecule has 3 rings (SSSR count). The molecule has 0 spiro atoms. The van der Waals surface area contributed by atoms with E-state index >= 15 is 0 Å². The number of allylic oxidation sites excluding steroid dienone is 1. The molecule has 1 unspecified atom stereocenters. The lowest BCUT2D eigenvalue weighted by Crippen LogP contribution is -2.46. The largest absolute Gasteiger partial charge is 0.463 e. The maximum absolute atomic E-state index is 13.8. The zero-order valence-electron chi connectivity index (χ0n) is 17.6. The van der Waals surface area contributed by atoms with Crippen molar-refractivity contribution in [3.63, 3.8) is 0 Å². The van der Waals surface area contributed by atoms with Crippen LogP contribution in [0.1, 0.15) is 63.9 Å². The van der Waals surface area contributed by atoms with Crippen molar-refractivity contribution in [2.24, 2.45) is 0 Å². The highest BCUT2D eigenvalue weighted by Crippen LogP contribution is 2.37. The molecule has 1 aliphatic heterocycles. The van der Waals surface area contributed by atoms with E-state index in [1.54, 1.807) is 26.0 Å². The van der Waals surface area contributed by atoms with E-state index in [0.717, 1.165) is 25.7 Å². The van der Waals surface area contributed by atoms with Gasteiger partial charge in [-0.25, -0.2) is 9.18 Å². The van der Waals surface area contributed by atoms with Gasteiger partial charge in [0.15, 0.2) is 0 Å². The Morgan fingerprint density at radius 2 is 1.97 bits per heavy atom. The van der Waals surface area contributed by atoms with E-state index in [1.165, 1.54) is 23.5 Å². The Hall–Kier alpha value is -2.70. The van der Waals surface area contributed by atoms with Crippen molar-refractivity contribution >= 4 is 17.8 Å². The summed E-state index contributed by atoms with van der Waals surface area (Å²) in [6.45, 7) is 3.39. The van der Waals surface area contributed by atoms with Gasteiger partial charge in [-0.05, 0) is 44.4 Å². The van der Waals surface area contributed by atoms with Gasteiger partial charge in [0.25, 0.3) is 0 Å². The van der Waals surface area contributed by atoms with Crippen LogP contribution in [0.3, 0.4) is 0 Å². The van der Waals surface area contributed by atoms with Gasteiger partial charge in [0.1, 0.15) is 12.4 Å². The second kappa shape index (κ2) is 9.87. The number of ether oxygens (including phenoxy) is 1. The molecule has 0 aromatic heterocycles. The first-order valence-corrected chi connectivity index (χ1v) is 10.6. The molecule has 30 heavy (non-hydrogen) atoms. The highest BCUT2D eigenvalue weighted by Gasteiger charge is 2.37. The predicted molar refractivity (Wildman–Crippen MR) is 110 cm³/mol. The van der Waals surface area contributed by atoms with E-state index < -0.39 is 17.7 Å². The Morgan fingerprint density at radius 1 is 1.23 bits per heavy atom. The molecule has 0 saturated heterocycles. The summed E-state index contributed by atoms with van der Waals surface area (Å²) in [6.07, 6.45) is 5.24. The fourth-order valence-electron chi connectivity index (χ4n) is 4.35. The van der Waals surface area contributed by atoms with Crippen molar-refractivity contribution < 1.29 is 23.5 Å². The summed E-state index contributed by atoms with van der Waals surface area (Å²) in [5, 5.41) is 3.01. The molecule has 1 heterocycles. The van der Waals surface area contributed by atoms with Crippen LogP contribution in [0.5, 0.6) is 0 Å². The molecule has 2 amide bonds. The normalized spacial score (nSPS) is 20.3. The monoisotopic (exact) mass is 416 g/mol. The summed E-state index contributed by atoms with van der Waals surface area (Å²) in [5.41, 5.74) is 1.22. The summed E-state index contributed by atoms with van der Waals surface area (Å²) in [4.78, 5) is 39.5. The van der Waals surface area contributed by atoms with Gasteiger partial charge in [-0.2, -0.15) is 0 Å². The van der Waals surface area contributed by atoms with Crippen molar-refractivity contribution in [3.05, 3.63) is 46.9 Å². The average Bonchev–Trinajstić information content (AvgIpc) is 2.71. The number of nitrogens with zero attached hydrogens (tertiary/aromatic N) is 1. The van der Waals surface area contributed by atoms with Crippen LogP contribution >= 0.6 is 0 Å². The maximum Gasteiger partial charge on any atom is 0.336 e. The molecule has 162 valence electrons. The Labute approximate surface area is 176 Å². The molecule has 0 radical (unpaired) electrons. The van der Waals surface area contributed by atoms with Crippen molar-refractivity contribution in [1.29, 1.82) is 0 Å². The SMILES string of the molecule is CCOC(=O)C1=C(C)N(CC(=O)NC2CCCCC2)C(=O)CC1c1cccc(F)c1. The van der Waals surface area contributed by atoms with Gasteiger partial charge in [-0.1, -0.05) is 31.4 Å². The quantitative estimate of drug-likeness (QED) is 0.721. The highest BCUT2D eigenvalue weighted by atomic mass is 19.1. The van der Waals surface area contributed by atoms with Crippen molar-refractivity contribution in [3.8, 4) is 0 Å². The number of carbonyl (C=O) groups is 3. The first-order chi connectivity index (χ1) is 14.4. The third-order valence-corrected chi connectivity index (χ3v) is 5.84. The van der Waals surface area contributed by atoms with E-state index in [-0.39, 0.29) is 37.4 Å². The van der Waals surface area contributed by atoms with Gasteiger partial charge in [0.2, 0.25) is 11.8 Å². The third kappa shape index (κ3) is 5.07. The second-order valence-corrected chi connectivity index (χ2v) is 7.91. The topological polar surface area (TPSA) is 75.7 Å². The molecular weight excluding hydrogens is 387 g/mol. The fraction of sp³-hybridized carbons (Fsp3) is 0.522. The number of benzene rings is 1. The molecule has 0 bridgehead atoms. The lowest BCUT2D eigenvalue weighted by Gasteiger charge is -2.34. The number of rotatable bonds is 6. The molecule has 1 saturated carbocycles. The number of carbonyl (C=O) groups excluding carboxylic acids is 3. The van der Waals surface area contributed by atoms with Gasteiger partial charge in [-0.3, -0.25) is 9.59 Å². The zero-order valence-corrected chi connectivity index (χ0v) is 17.6. The Bertz CT molecular complexity index is 845. The smallest absolute Gasteiger partial charge is 0.336 e. The van der Waals surface area contributed by atoms with E-state index in [4.69, 9.17) is 4.74 Å². The maximum atomic E-state index is 13.8. The van der Waals surface area contributed by atoms with Gasteiger partial charge in [-0.15, -0.1) is 0 Å². The summed E-state index contributed by atoms with van der Waals surface area (Å²) < 4.78 is 19.0.